The Hall–Kier alpha value is -3.95. The van der Waals surface area contributed by atoms with Crippen LogP contribution in [0.3, 0.4) is 0 Å². The minimum Gasteiger partial charge on any atom is -0.481 e. The first-order valence-corrected chi connectivity index (χ1v) is 10.8. The van der Waals surface area contributed by atoms with Gasteiger partial charge >= 0.3 is 5.97 Å². The molecule has 0 saturated heterocycles. The summed E-state index contributed by atoms with van der Waals surface area (Å²) in [5, 5.41) is 16.7. The number of amides is 2. The third-order valence-corrected chi connectivity index (χ3v) is 6.18. The average molecular weight is 450 g/mol. The molecule has 5 N–H and O–H groups in total. The lowest BCUT2D eigenvalue weighted by Crippen LogP contribution is -2.39. The Morgan fingerprint density at radius 1 is 1.21 bits per heavy atom. The number of nitrogens with one attached hydrogen (secondary N) is 2. The first-order valence-electron chi connectivity index (χ1n) is 10.8. The number of aromatic nitrogens is 3. The van der Waals surface area contributed by atoms with Gasteiger partial charge in [-0.2, -0.15) is 4.98 Å². The summed E-state index contributed by atoms with van der Waals surface area (Å²) in [6, 6.07) is 8.26. The highest BCUT2D eigenvalue weighted by Gasteiger charge is 2.49. The van der Waals surface area contributed by atoms with E-state index in [1.807, 2.05) is 6.07 Å². The number of carboxylic acid groups (broad SMARTS) is 1. The van der Waals surface area contributed by atoms with Crippen molar-refractivity contribution in [2.75, 3.05) is 10.6 Å². The smallest absolute Gasteiger partial charge is 0.311 e. The summed E-state index contributed by atoms with van der Waals surface area (Å²) in [6.07, 6.45) is 5.82. The first-order chi connectivity index (χ1) is 15.8. The highest BCUT2D eigenvalue weighted by molar-refractivity contribution is 5.89. The van der Waals surface area contributed by atoms with Crippen LogP contribution in [-0.2, 0) is 14.4 Å². The van der Waals surface area contributed by atoms with Crippen molar-refractivity contribution >= 4 is 46.1 Å². The van der Waals surface area contributed by atoms with Gasteiger partial charge in [-0.15, -0.1) is 0 Å². The van der Waals surface area contributed by atoms with Crippen LogP contribution in [-0.4, -0.2) is 37.4 Å². The highest BCUT2D eigenvalue weighted by atomic mass is 16.4. The second kappa shape index (κ2) is 8.89. The quantitative estimate of drug-likeness (QED) is 0.411. The molecule has 2 aromatic heterocycles. The summed E-state index contributed by atoms with van der Waals surface area (Å²) in [7, 11) is 0. The zero-order valence-electron chi connectivity index (χ0n) is 18.2. The molecule has 10 nitrogen and oxygen atoms in total. The van der Waals surface area contributed by atoms with E-state index in [-0.39, 0.29) is 12.3 Å². The Morgan fingerprint density at radius 2 is 1.94 bits per heavy atom. The number of rotatable bonds is 8. The Balaban J connectivity index is 1.72. The number of primary amides is 1. The molecular weight excluding hydrogens is 424 g/mol. The number of hydrogen-bond acceptors (Lipinski definition) is 6. The van der Waals surface area contributed by atoms with Crippen LogP contribution in [0.2, 0.25) is 0 Å². The van der Waals surface area contributed by atoms with E-state index in [9.17, 15) is 19.5 Å². The fraction of sp³-hybridized carbons (Fsp3) is 0.348. The average Bonchev–Trinajstić information content (AvgIpc) is 3.40. The van der Waals surface area contributed by atoms with Crippen molar-refractivity contribution in [2.45, 2.75) is 45.1 Å². The maximum Gasteiger partial charge on any atom is 0.311 e. The number of fused-ring (bicyclic) bond motifs is 1. The summed E-state index contributed by atoms with van der Waals surface area (Å²) in [4.78, 5) is 44.6. The van der Waals surface area contributed by atoms with E-state index in [1.54, 1.807) is 41.2 Å². The van der Waals surface area contributed by atoms with Crippen LogP contribution in [0.4, 0.5) is 17.3 Å². The summed E-state index contributed by atoms with van der Waals surface area (Å²) in [5.41, 5.74) is 6.27. The molecule has 0 bridgehead atoms. The van der Waals surface area contributed by atoms with Gasteiger partial charge in [0.1, 0.15) is 5.65 Å². The van der Waals surface area contributed by atoms with Gasteiger partial charge in [0.25, 0.3) is 0 Å². The number of benzene rings is 1. The molecule has 2 heterocycles. The molecule has 1 aliphatic rings. The summed E-state index contributed by atoms with van der Waals surface area (Å²) < 4.78 is 1.75. The van der Waals surface area contributed by atoms with Gasteiger partial charge in [-0.3, -0.25) is 14.4 Å². The van der Waals surface area contributed by atoms with E-state index in [4.69, 9.17) is 5.73 Å². The van der Waals surface area contributed by atoms with E-state index in [1.165, 1.54) is 6.92 Å². The minimum atomic E-state index is -1.08. The van der Waals surface area contributed by atoms with Gasteiger partial charge in [0.15, 0.2) is 0 Å². The van der Waals surface area contributed by atoms with E-state index in [0.29, 0.717) is 35.8 Å². The van der Waals surface area contributed by atoms with Crippen molar-refractivity contribution in [3.63, 3.8) is 0 Å². The van der Waals surface area contributed by atoms with Crippen molar-refractivity contribution in [2.24, 2.45) is 11.1 Å². The monoisotopic (exact) mass is 450 g/mol. The van der Waals surface area contributed by atoms with Gasteiger partial charge in [-0.05, 0) is 37.1 Å². The second-order valence-corrected chi connectivity index (χ2v) is 8.44. The van der Waals surface area contributed by atoms with Crippen LogP contribution in [0.5, 0.6) is 0 Å². The molecule has 2 amide bonds. The third kappa shape index (κ3) is 4.50. The fourth-order valence-electron chi connectivity index (χ4n) is 4.70. The fourth-order valence-corrected chi connectivity index (χ4v) is 4.70. The molecule has 172 valence electrons. The molecule has 0 aliphatic heterocycles. The van der Waals surface area contributed by atoms with Crippen molar-refractivity contribution in [1.82, 2.24) is 14.5 Å². The Bertz CT molecular complexity index is 1210. The Morgan fingerprint density at radius 3 is 2.61 bits per heavy atom. The van der Waals surface area contributed by atoms with Crippen molar-refractivity contribution in [1.29, 1.82) is 0 Å². The number of anilines is 3. The van der Waals surface area contributed by atoms with Crippen LogP contribution < -0.4 is 16.4 Å². The van der Waals surface area contributed by atoms with Crippen LogP contribution >= 0.6 is 0 Å². The molecule has 10 heteroatoms. The number of hydrogen-bond donors (Lipinski definition) is 4. The molecule has 0 spiro atoms. The molecule has 1 unspecified atom stereocenters. The molecule has 1 saturated carbocycles. The zero-order chi connectivity index (χ0) is 23.6. The van der Waals surface area contributed by atoms with Crippen molar-refractivity contribution in [3.05, 3.63) is 42.7 Å². The number of carbonyl (C=O) groups excluding carboxylic acids is 2. The number of carbonyl (C=O) groups is 3. The standard InChI is InChI=1S/C23H26N6O4/c1-14(30)26-16-5-4-6-17(11-16)27-22-25-13-15-7-10-29(20(15)28-22)18(12-19(24)31)23(21(32)33)8-2-3-9-23/h4-7,10-11,13,18H,2-3,8-9,12H2,1H3,(H2,24,31)(H,26,30)(H,32,33)(H,25,27,28). The predicted molar refractivity (Wildman–Crippen MR) is 123 cm³/mol. The maximum atomic E-state index is 12.4. The molecule has 1 aliphatic carbocycles. The topological polar surface area (TPSA) is 152 Å². The number of nitrogens with zero attached hydrogens (tertiary/aromatic N) is 3. The number of aliphatic carboxylic acids is 1. The molecule has 1 atom stereocenters. The first kappa shape index (κ1) is 22.3. The van der Waals surface area contributed by atoms with Gasteiger partial charge in [-0.25, -0.2) is 4.98 Å². The van der Waals surface area contributed by atoms with Crippen LogP contribution in [0.25, 0.3) is 11.0 Å². The van der Waals surface area contributed by atoms with E-state index in [0.717, 1.165) is 18.2 Å². The summed E-state index contributed by atoms with van der Waals surface area (Å²) >= 11 is 0. The number of carboxylic acids is 1. The van der Waals surface area contributed by atoms with Crippen LogP contribution in [0.15, 0.2) is 42.7 Å². The van der Waals surface area contributed by atoms with Gasteiger partial charge in [0, 0.05) is 42.5 Å². The lowest BCUT2D eigenvalue weighted by Gasteiger charge is -2.34. The minimum absolute atomic E-state index is 0.0956. The molecule has 3 aromatic rings. The molecule has 33 heavy (non-hydrogen) atoms. The number of nitrogens with two attached hydrogens (primary N) is 1. The zero-order valence-corrected chi connectivity index (χ0v) is 18.2. The molecule has 4 rings (SSSR count). The largest absolute Gasteiger partial charge is 0.481 e. The molecule has 0 radical (unpaired) electrons. The van der Waals surface area contributed by atoms with Crippen molar-refractivity contribution in [3.8, 4) is 0 Å². The SMILES string of the molecule is CC(=O)Nc1cccc(Nc2ncc3ccn(C(CC(N)=O)C4(C(=O)O)CCCC4)c3n2)c1. The van der Waals surface area contributed by atoms with Gasteiger partial charge in [0.05, 0.1) is 11.5 Å². The van der Waals surface area contributed by atoms with Crippen molar-refractivity contribution < 1.29 is 19.5 Å². The van der Waals surface area contributed by atoms with Crippen LogP contribution in [0, 0.1) is 5.41 Å². The summed E-state index contributed by atoms with van der Waals surface area (Å²) in [5.74, 6) is -1.36. The Labute approximate surface area is 190 Å². The van der Waals surface area contributed by atoms with Gasteiger partial charge in [0.2, 0.25) is 17.8 Å². The normalized spacial score (nSPS) is 15.8. The highest BCUT2D eigenvalue weighted by Crippen LogP contribution is 2.49. The third-order valence-electron chi connectivity index (χ3n) is 6.18. The molecular formula is C23H26N6O4. The molecule has 1 aromatic carbocycles. The van der Waals surface area contributed by atoms with Gasteiger partial charge < -0.3 is 26.0 Å². The molecule has 1 fully saturated rings. The lowest BCUT2D eigenvalue weighted by molar-refractivity contribution is -0.152. The summed E-state index contributed by atoms with van der Waals surface area (Å²) in [6.45, 7) is 1.43. The van der Waals surface area contributed by atoms with Crippen LogP contribution in [0.1, 0.15) is 45.1 Å². The maximum absolute atomic E-state index is 12.4. The predicted octanol–water partition coefficient (Wildman–Crippen LogP) is 3.19. The Kier molecular flexibility index (Phi) is 5.99. The van der Waals surface area contributed by atoms with E-state index < -0.39 is 23.3 Å². The lowest BCUT2D eigenvalue weighted by atomic mass is 9.76. The van der Waals surface area contributed by atoms with E-state index >= 15 is 0 Å². The second-order valence-electron chi connectivity index (χ2n) is 8.44. The van der Waals surface area contributed by atoms with E-state index in [2.05, 4.69) is 20.6 Å². The van der Waals surface area contributed by atoms with Gasteiger partial charge in [-0.1, -0.05) is 18.9 Å².